The highest BCUT2D eigenvalue weighted by Gasteiger charge is 2.34. The third-order valence-electron chi connectivity index (χ3n) is 2.77. The van der Waals surface area contributed by atoms with Crippen molar-refractivity contribution < 1.29 is 9.59 Å². The van der Waals surface area contributed by atoms with Crippen LogP contribution in [-0.2, 0) is 0 Å². The van der Waals surface area contributed by atoms with Gasteiger partial charge in [-0.2, -0.15) is 5.10 Å². The summed E-state index contributed by atoms with van der Waals surface area (Å²) in [5.41, 5.74) is 3.15. The monoisotopic (exact) mass is 247 g/mol. The molecule has 0 aromatic heterocycles. The van der Waals surface area contributed by atoms with E-state index >= 15 is 0 Å². The Morgan fingerprint density at radius 2 is 1.78 bits per heavy atom. The van der Waals surface area contributed by atoms with Crippen molar-refractivity contribution in [3.63, 3.8) is 0 Å². The molecular formula is C11H13N5O2. The molecule has 18 heavy (non-hydrogen) atoms. The maximum atomic E-state index is 12.0. The van der Waals surface area contributed by atoms with Crippen LogP contribution in [0.25, 0.3) is 0 Å². The van der Waals surface area contributed by atoms with Gasteiger partial charge in [0.25, 0.3) is 11.8 Å². The standard InChI is InChI=1S/C11H13N5O2/c12-14-9(15-13)5-6-16-10(17)7-3-1-2-4-8(7)11(16)18/h1-4H,5-6,12-13H2,(H,14,15). The fraction of sp³-hybridized carbons (Fsp3) is 0.182. The number of rotatable bonds is 3. The first-order valence-corrected chi connectivity index (χ1v) is 5.37. The van der Waals surface area contributed by atoms with E-state index in [0.29, 0.717) is 23.4 Å². The third kappa shape index (κ3) is 1.91. The Morgan fingerprint density at radius 3 is 2.22 bits per heavy atom. The molecule has 1 aromatic rings. The molecule has 7 heteroatoms. The number of nitrogens with zero attached hydrogens (tertiary/aromatic N) is 2. The molecule has 0 fully saturated rings. The summed E-state index contributed by atoms with van der Waals surface area (Å²) in [4.78, 5) is 25.1. The van der Waals surface area contributed by atoms with E-state index in [0.717, 1.165) is 4.90 Å². The third-order valence-corrected chi connectivity index (χ3v) is 2.77. The van der Waals surface area contributed by atoms with E-state index in [1.54, 1.807) is 24.3 Å². The molecule has 0 unspecified atom stereocenters. The highest BCUT2D eigenvalue weighted by atomic mass is 16.2. The summed E-state index contributed by atoms with van der Waals surface area (Å²) in [5.74, 6) is 9.97. The number of amides is 2. The van der Waals surface area contributed by atoms with Crippen LogP contribution in [0, 0.1) is 0 Å². The molecule has 0 radical (unpaired) electrons. The van der Waals surface area contributed by atoms with Crippen molar-refractivity contribution in [1.29, 1.82) is 0 Å². The van der Waals surface area contributed by atoms with Crippen LogP contribution in [0.4, 0.5) is 0 Å². The average molecular weight is 247 g/mol. The number of hydrazine groups is 1. The van der Waals surface area contributed by atoms with Crippen LogP contribution in [0.3, 0.4) is 0 Å². The first-order valence-electron chi connectivity index (χ1n) is 5.37. The van der Waals surface area contributed by atoms with Gasteiger partial charge in [-0.05, 0) is 12.1 Å². The molecule has 0 saturated carbocycles. The molecule has 2 rings (SSSR count). The van der Waals surface area contributed by atoms with Gasteiger partial charge < -0.3 is 11.3 Å². The summed E-state index contributed by atoms with van der Waals surface area (Å²) in [5, 5.41) is 3.40. The van der Waals surface area contributed by atoms with E-state index in [4.69, 9.17) is 11.7 Å². The molecule has 7 nitrogen and oxygen atoms in total. The van der Waals surface area contributed by atoms with E-state index in [1.165, 1.54) is 0 Å². The van der Waals surface area contributed by atoms with Crippen molar-refractivity contribution in [1.82, 2.24) is 10.3 Å². The number of hydrogen-bond acceptors (Lipinski definition) is 5. The van der Waals surface area contributed by atoms with Crippen LogP contribution < -0.4 is 17.1 Å². The number of imide groups is 1. The maximum Gasteiger partial charge on any atom is 0.261 e. The summed E-state index contributed by atoms with van der Waals surface area (Å²) >= 11 is 0. The molecule has 0 saturated heterocycles. The van der Waals surface area contributed by atoms with Gasteiger partial charge in [0.05, 0.1) is 11.1 Å². The van der Waals surface area contributed by atoms with E-state index in [1.807, 2.05) is 0 Å². The predicted octanol–water partition coefficient (Wildman–Crippen LogP) is -0.592. The van der Waals surface area contributed by atoms with Gasteiger partial charge in [0.2, 0.25) is 0 Å². The van der Waals surface area contributed by atoms with Gasteiger partial charge in [-0.15, -0.1) is 0 Å². The highest BCUT2D eigenvalue weighted by molar-refractivity contribution is 6.21. The second kappa shape index (κ2) is 4.84. The van der Waals surface area contributed by atoms with Crippen molar-refractivity contribution in [2.24, 2.45) is 16.8 Å². The molecule has 5 N–H and O–H groups in total. The normalized spacial score (nSPS) is 14.9. The molecule has 1 aliphatic heterocycles. The number of fused-ring (bicyclic) bond motifs is 1. The van der Waals surface area contributed by atoms with Crippen molar-refractivity contribution in [2.75, 3.05) is 6.54 Å². The van der Waals surface area contributed by atoms with Crippen molar-refractivity contribution in [2.45, 2.75) is 6.42 Å². The zero-order chi connectivity index (χ0) is 13.1. The largest absolute Gasteiger partial charge is 0.322 e. The van der Waals surface area contributed by atoms with E-state index in [9.17, 15) is 9.59 Å². The Balaban J connectivity index is 2.14. The summed E-state index contributed by atoms with van der Waals surface area (Å²) in [6.07, 6.45) is 0.290. The summed E-state index contributed by atoms with van der Waals surface area (Å²) in [6.45, 7) is 0.187. The number of benzene rings is 1. The lowest BCUT2D eigenvalue weighted by Gasteiger charge is -2.13. The van der Waals surface area contributed by atoms with Crippen LogP contribution >= 0.6 is 0 Å². The second-order valence-electron chi connectivity index (χ2n) is 3.78. The van der Waals surface area contributed by atoms with Gasteiger partial charge >= 0.3 is 0 Å². The average Bonchev–Trinajstić information content (AvgIpc) is 2.65. The van der Waals surface area contributed by atoms with Crippen LogP contribution in [0.1, 0.15) is 27.1 Å². The number of amidine groups is 1. The van der Waals surface area contributed by atoms with Crippen molar-refractivity contribution >= 4 is 17.6 Å². The fourth-order valence-electron chi connectivity index (χ4n) is 1.83. The number of carbonyl (C=O) groups is 2. The lowest BCUT2D eigenvalue weighted by Crippen LogP contribution is -2.37. The molecular weight excluding hydrogens is 234 g/mol. The topological polar surface area (TPSA) is 114 Å². The molecule has 1 aliphatic rings. The van der Waals surface area contributed by atoms with Crippen LogP contribution in [0.15, 0.2) is 29.4 Å². The van der Waals surface area contributed by atoms with Gasteiger partial charge in [0.1, 0.15) is 5.84 Å². The van der Waals surface area contributed by atoms with Gasteiger partial charge in [-0.3, -0.25) is 14.5 Å². The Morgan fingerprint density at radius 1 is 1.22 bits per heavy atom. The summed E-state index contributed by atoms with van der Waals surface area (Å²) < 4.78 is 0. The highest BCUT2D eigenvalue weighted by Crippen LogP contribution is 2.22. The lowest BCUT2D eigenvalue weighted by molar-refractivity contribution is 0.0658. The molecule has 0 aliphatic carbocycles. The quantitative estimate of drug-likeness (QED) is 0.217. The van der Waals surface area contributed by atoms with Crippen LogP contribution in [0.5, 0.6) is 0 Å². The minimum atomic E-state index is -0.302. The molecule has 0 bridgehead atoms. The van der Waals surface area contributed by atoms with Gasteiger partial charge in [0.15, 0.2) is 0 Å². The van der Waals surface area contributed by atoms with Crippen LogP contribution in [0.2, 0.25) is 0 Å². The fourth-order valence-corrected chi connectivity index (χ4v) is 1.83. The molecule has 0 atom stereocenters. The molecule has 1 heterocycles. The molecule has 94 valence electrons. The molecule has 0 spiro atoms. The van der Waals surface area contributed by atoms with E-state index in [2.05, 4.69) is 10.5 Å². The SMILES string of the molecule is N/N=C(/CCN1C(=O)c2ccccc2C1=O)NN. The number of carbonyl (C=O) groups excluding carboxylic acids is 2. The summed E-state index contributed by atoms with van der Waals surface area (Å²) in [6, 6.07) is 6.72. The van der Waals surface area contributed by atoms with Crippen LogP contribution in [-0.4, -0.2) is 29.1 Å². The Kier molecular flexibility index (Phi) is 3.24. The first kappa shape index (κ1) is 12.1. The minimum absolute atomic E-state index is 0.187. The molecule has 2 amide bonds. The summed E-state index contributed by atoms with van der Waals surface area (Å²) in [7, 11) is 0. The minimum Gasteiger partial charge on any atom is -0.322 e. The number of nitrogens with two attached hydrogens (primary N) is 2. The van der Waals surface area contributed by atoms with Gasteiger partial charge in [0, 0.05) is 13.0 Å². The van der Waals surface area contributed by atoms with E-state index < -0.39 is 0 Å². The zero-order valence-electron chi connectivity index (χ0n) is 9.59. The van der Waals surface area contributed by atoms with Crippen molar-refractivity contribution in [3.05, 3.63) is 35.4 Å². The van der Waals surface area contributed by atoms with Crippen molar-refractivity contribution in [3.8, 4) is 0 Å². The van der Waals surface area contributed by atoms with Gasteiger partial charge in [-0.1, -0.05) is 12.1 Å². The smallest absolute Gasteiger partial charge is 0.261 e. The van der Waals surface area contributed by atoms with Gasteiger partial charge in [-0.25, -0.2) is 5.84 Å². The zero-order valence-corrected chi connectivity index (χ0v) is 9.59. The molecule has 1 aromatic carbocycles. The lowest BCUT2D eigenvalue weighted by atomic mass is 10.1. The number of hydrazone groups is 1. The predicted molar refractivity (Wildman–Crippen MR) is 65.4 cm³/mol. The number of hydrogen-bond donors (Lipinski definition) is 3. The number of nitrogens with one attached hydrogen (secondary N) is 1. The Bertz CT molecular complexity index is 491. The second-order valence-corrected chi connectivity index (χ2v) is 3.78. The maximum absolute atomic E-state index is 12.0. The Labute approximate surface area is 103 Å². The Hall–Kier alpha value is -2.41. The van der Waals surface area contributed by atoms with E-state index in [-0.39, 0.29) is 18.4 Å². The first-order chi connectivity index (χ1) is 8.69.